The quantitative estimate of drug-likeness (QED) is 0.188. The molecule has 0 bridgehead atoms. The molecule has 1 saturated heterocycles. The number of nitrogens with one attached hydrogen (secondary N) is 2. The molecule has 10 heavy (non-hydrogen) atoms. The normalized spacial score (nSPS) is 16.0. The SMILES string of the molecule is CC(C(=O)NN)=C1CNC1. The van der Waals surface area contributed by atoms with Crippen molar-refractivity contribution in [2.45, 2.75) is 6.92 Å². The Labute approximate surface area is 59.4 Å². The Balaban J connectivity index is 2.61. The summed E-state index contributed by atoms with van der Waals surface area (Å²) in [5, 5.41) is 3.04. The Kier molecular flexibility index (Phi) is 2.03. The molecule has 1 rings (SSSR count). The molecule has 0 saturated carbocycles. The molecule has 1 heterocycles. The standard InChI is InChI=1S/C6H11N3O/c1-4(6(10)9-7)5-2-8-3-5/h8H,2-3,7H2,1H3,(H,9,10). The van der Waals surface area contributed by atoms with Crippen molar-refractivity contribution in [2.75, 3.05) is 13.1 Å². The van der Waals surface area contributed by atoms with Crippen LogP contribution in [0.5, 0.6) is 0 Å². The van der Waals surface area contributed by atoms with Crippen LogP contribution in [0, 0.1) is 0 Å². The van der Waals surface area contributed by atoms with Crippen LogP contribution in [-0.2, 0) is 4.79 Å². The minimum absolute atomic E-state index is 0.184. The predicted molar refractivity (Wildman–Crippen MR) is 37.9 cm³/mol. The molecule has 0 aromatic rings. The summed E-state index contributed by atoms with van der Waals surface area (Å²) in [7, 11) is 0. The van der Waals surface area contributed by atoms with Crippen molar-refractivity contribution in [2.24, 2.45) is 5.84 Å². The summed E-state index contributed by atoms with van der Waals surface area (Å²) in [5.74, 6) is 4.75. The van der Waals surface area contributed by atoms with Gasteiger partial charge >= 0.3 is 0 Å². The number of hydrogen-bond donors (Lipinski definition) is 3. The van der Waals surface area contributed by atoms with Gasteiger partial charge in [-0.25, -0.2) is 5.84 Å². The van der Waals surface area contributed by atoms with Crippen LogP contribution >= 0.6 is 0 Å². The van der Waals surface area contributed by atoms with E-state index in [4.69, 9.17) is 5.84 Å². The van der Waals surface area contributed by atoms with Crippen molar-refractivity contribution in [3.05, 3.63) is 11.1 Å². The highest BCUT2D eigenvalue weighted by Crippen LogP contribution is 2.07. The molecule has 0 aromatic carbocycles. The molecule has 1 amide bonds. The van der Waals surface area contributed by atoms with Crippen molar-refractivity contribution in [1.82, 2.24) is 10.7 Å². The molecule has 0 aromatic heterocycles. The molecule has 56 valence electrons. The minimum atomic E-state index is -0.184. The summed E-state index contributed by atoms with van der Waals surface area (Å²) >= 11 is 0. The van der Waals surface area contributed by atoms with Crippen LogP contribution in [0.15, 0.2) is 11.1 Å². The summed E-state index contributed by atoms with van der Waals surface area (Å²) in [4.78, 5) is 10.8. The summed E-state index contributed by atoms with van der Waals surface area (Å²) in [6.07, 6.45) is 0. The number of amides is 1. The topological polar surface area (TPSA) is 67.2 Å². The second-order valence-corrected chi connectivity index (χ2v) is 2.31. The average Bonchev–Trinajstić information content (AvgIpc) is 1.82. The van der Waals surface area contributed by atoms with Gasteiger partial charge in [-0.15, -0.1) is 0 Å². The largest absolute Gasteiger partial charge is 0.309 e. The molecule has 1 aliphatic heterocycles. The lowest BCUT2D eigenvalue weighted by Crippen LogP contribution is -2.39. The highest BCUT2D eigenvalue weighted by Gasteiger charge is 2.14. The van der Waals surface area contributed by atoms with Crippen LogP contribution in [0.25, 0.3) is 0 Å². The van der Waals surface area contributed by atoms with Gasteiger partial charge in [0.1, 0.15) is 0 Å². The number of carbonyl (C=O) groups is 1. The second kappa shape index (κ2) is 2.81. The zero-order valence-corrected chi connectivity index (χ0v) is 5.90. The van der Waals surface area contributed by atoms with Gasteiger partial charge in [0.05, 0.1) is 0 Å². The van der Waals surface area contributed by atoms with Crippen LogP contribution in [0.2, 0.25) is 0 Å². The van der Waals surface area contributed by atoms with Gasteiger partial charge in [-0.2, -0.15) is 0 Å². The van der Waals surface area contributed by atoms with Crippen LogP contribution < -0.4 is 16.6 Å². The van der Waals surface area contributed by atoms with Crippen molar-refractivity contribution >= 4 is 5.91 Å². The Bertz CT molecular complexity index is 179. The fraction of sp³-hybridized carbons (Fsp3) is 0.500. The van der Waals surface area contributed by atoms with E-state index in [1.54, 1.807) is 6.92 Å². The zero-order valence-electron chi connectivity index (χ0n) is 5.90. The summed E-state index contributed by atoms with van der Waals surface area (Å²) in [5.41, 5.74) is 3.97. The molecule has 1 aliphatic rings. The van der Waals surface area contributed by atoms with Crippen LogP contribution in [-0.4, -0.2) is 19.0 Å². The highest BCUT2D eigenvalue weighted by molar-refractivity contribution is 5.93. The number of nitrogens with two attached hydrogens (primary N) is 1. The molecular weight excluding hydrogens is 130 g/mol. The van der Waals surface area contributed by atoms with Crippen LogP contribution in [0.1, 0.15) is 6.92 Å². The van der Waals surface area contributed by atoms with Gasteiger partial charge in [-0.1, -0.05) is 0 Å². The van der Waals surface area contributed by atoms with Gasteiger partial charge in [-0.3, -0.25) is 10.2 Å². The lowest BCUT2D eigenvalue weighted by Gasteiger charge is -2.20. The van der Waals surface area contributed by atoms with Gasteiger partial charge in [0.15, 0.2) is 0 Å². The first-order valence-electron chi connectivity index (χ1n) is 3.16. The average molecular weight is 141 g/mol. The van der Waals surface area contributed by atoms with E-state index in [9.17, 15) is 4.79 Å². The van der Waals surface area contributed by atoms with Crippen LogP contribution in [0.3, 0.4) is 0 Å². The number of hydrogen-bond acceptors (Lipinski definition) is 3. The van der Waals surface area contributed by atoms with E-state index < -0.39 is 0 Å². The van der Waals surface area contributed by atoms with Crippen molar-refractivity contribution in [1.29, 1.82) is 0 Å². The van der Waals surface area contributed by atoms with E-state index in [2.05, 4.69) is 10.7 Å². The molecule has 4 N–H and O–H groups in total. The van der Waals surface area contributed by atoms with Gasteiger partial charge in [0.2, 0.25) is 0 Å². The van der Waals surface area contributed by atoms with Crippen molar-refractivity contribution < 1.29 is 4.79 Å². The first-order chi connectivity index (χ1) is 4.75. The molecule has 0 spiro atoms. The summed E-state index contributed by atoms with van der Waals surface area (Å²) < 4.78 is 0. The predicted octanol–water partition coefficient (Wildman–Crippen LogP) is -1.10. The van der Waals surface area contributed by atoms with E-state index in [0.29, 0.717) is 0 Å². The van der Waals surface area contributed by atoms with E-state index >= 15 is 0 Å². The van der Waals surface area contributed by atoms with Crippen molar-refractivity contribution in [3.8, 4) is 0 Å². The molecule has 4 nitrogen and oxygen atoms in total. The molecule has 0 atom stereocenters. The van der Waals surface area contributed by atoms with Gasteiger partial charge < -0.3 is 5.32 Å². The van der Waals surface area contributed by atoms with Crippen molar-refractivity contribution in [3.63, 3.8) is 0 Å². The zero-order chi connectivity index (χ0) is 7.56. The first-order valence-corrected chi connectivity index (χ1v) is 3.16. The third-order valence-corrected chi connectivity index (χ3v) is 1.68. The Hall–Kier alpha value is -0.870. The maximum atomic E-state index is 10.8. The fourth-order valence-electron chi connectivity index (χ4n) is 0.784. The van der Waals surface area contributed by atoms with E-state index in [1.165, 1.54) is 0 Å². The Morgan fingerprint density at radius 3 is 2.60 bits per heavy atom. The maximum Gasteiger partial charge on any atom is 0.260 e. The lowest BCUT2D eigenvalue weighted by molar-refractivity contribution is -0.117. The molecule has 1 fully saturated rings. The third-order valence-electron chi connectivity index (χ3n) is 1.68. The van der Waals surface area contributed by atoms with E-state index in [0.717, 1.165) is 24.2 Å². The molecule has 0 unspecified atom stereocenters. The van der Waals surface area contributed by atoms with E-state index in [1.807, 2.05) is 0 Å². The number of carbonyl (C=O) groups excluding carboxylic acids is 1. The minimum Gasteiger partial charge on any atom is -0.309 e. The van der Waals surface area contributed by atoms with Crippen LogP contribution in [0.4, 0.5) is 0 Å². The maximum absolute atomic E-state index is 10.8. The number of hydrazine groups is 1. The second-order valence-electron chi connectivity index (χ2n) is 2.31. The van der Waals surface area contributed by atoms with E-state index in [-0.39, 0.29) is 5.91 Å². The van der Waals surface area contributed by atoms with Gasteiger partial charge in [-0.05, 0) is 12.5 Å². The lowest BCUT2D eigenvalue weighted by atomic mass is 10.0. The highest BCUT2D eigenvalue weighted by atomic mass is 16.2. The smallest absolute Gasteiger partial charge is 0.260 e. The molecule has 4 heteroatoms. The first kappa shape index (κ1) is 7.24. The molecular formula is C6H11N3O. The van der Waals surface area contributed by atoms with Gasteiger partial charge in [0, 0.05) is 18.7 Å². The molecule has 0 aliphatic carbocycles. The Morgan fingerprint density at radius 2 is 2.30 bits per heavy atom. The fourth-order valence-corrected chi connectivity index (χ4v) is 0.784. The van der Waals surface area contributed by atoms with Gasteiger partial charge in [0.25, 0.3) is 5.91 Å². The molecule has 0 radical (unpaired) electrons. The number of rotatable bonds is 1. The monoisotopic (exact) mass is 141 g/mol. The Morgan fingerprint density at radius 1 is 1.70 bits per heavy atom. The summed E-state index contributed by atoms with van der Waals surface area (Å²) in [6, 6.07) is 0. The third kappa shape index (κ3) is 1.17. The summed E-state index contributed by atoms with van der Waals surface area (Å²) in [6.45, 7) is 3.41.